The molecule has 16 heavy (non-hydrogen) atoms. The molecule has 5 heteroatoms. The van der Waals surface area contributed by atoms with Crippen molar-refractivity contribution in [3.8, 4) is 11.5 Å². The number of rotatable bonds is 2. The number of hydrogen-bond donors (Lipinski definition) is 3. The van der Waals surface area contributed by atoms with E-state index in [0.29, 0.717) is 6.79 Å². The van der Waals surface area contributed by atoms with Crippen molar-refractivity contribution in [2.24, 2.45) is 0 Å². The first kappa shape index (κ1) is 9.89. The lowest BCUT2D eigenvalue weighted by Crippen LogP contribution is -2.32. The summed E-state index contributed by atoms with van der Waals surface area (Å²) >= 11 is 0. The van der Waals surface area contributed by atoms with Gasteiger partial charge < -0.3 is 14.6 Å². The maximum absolute atomic E-state index is 9.04. The minimum absolute atomic E-state index is 0.121. The topological polar surface area (TPSA) is 62.8 Å². The van der Waals surface area contributed by atoms with Crippen LogP contribution in [0.15, 0.2) is 18.2 Å². The zero-order valence-electron chi connectivity index (χ0n) is 8.77. The van der Waals surface area contributed by atoms with Gasteiger partial charge in [0.15, 0.2) is 11.5 Å². The van der Waals surface area contributed by atoms with Crippen LogP contribution < -0.4 is 20.3 Å². The summed E-state index contributed by atoms with van der Waals surface area (Å²) in [5.74, 6) is 1.60. The molecule has 0 amide bonds. The first-order valence-corrected chi connectivity index (χ1v) is 5.38. The van der Waals surface area contributed by atoms with Crippen LogP contribution in [-0.4, -0.2) is 24.5 Å². The standard InChI is InChI=1S/C11H14N2O3/c14-5-8-4-9(13-12-8)7-1-2-10-11(3-7)16-6-15-10/h1-3,8-9,12-14H,4-6H2. The average molecular weight is 222 g/mol. The molecule has 5 nitrogen and oxygen atoms in total. The molecule has 0 aliphatic carbocycles. The van der Waals surface area contributed by atoms with Crippen molar-refractivity contribution in [3.05, 3.63) is 23.8 Å². The van der Waals surface area contributed by atoms with E-state index in [1.807, 2.05) is 18.2 Å². The Balaban J connectivity index is 1.80. The number of aliphatic hydroxyl groups excluding tert-OH is 1. The highest BCUT2D eigenvalue weighted by Crippen LogP contribution is 2.35. The number of nitrogens with one attached hydrogen (secondary N) is 2. The van der Waals surface area contributed by atoms with Crippen LogP contribution in [0.3, 0.4) is 0 Å². The Morgan fingerprint density at radius 2 is 2.12 bits per heavy atom. The van der Waals surface area contributed by atoms with Crippen LogP contribution >= 0.6 is 0 Å². The molecule has 0 bridgehead atoms. The zero-order chi connectivity index (χ0) is 11.0. The van der Waals surface area contributed by atoms with Crippen molar-refractivity contribution in [2.45, 2.75) is 18.5 Å². The summed E-state index contributed by atoms with van der Waals surface area (Å²) in [6, 6.07) is 6.27. The maximum atomic E-state index is 9.04. The van der Waals surface area contributed by atoms with E-state index >= 15 is 0 Å². The summed E-state index contributed by atoms with van der Waals surface area (Å²) in [4.78, 5) is 0. The minimum Gasteiger partial charge on any atom is -0.454 e. The number of hydrazine groups is 1. The van der Waals surface area contributed by atoms with Crippen molar-refractivity contribution in [1.82, 2.24) is 10.9 Å². The van der Waals surface area contributed by atoms with Gasteiger partial charge in [0.25, 0.3) is 0 Å². The van der Waals surface area contributed by atoms with Crippen LogP contribution in [0, 0.1) is 0 Å². The van der Waals surface area contributed by atoms with Crippen LogP contribution in [0.1, 0.15) is 18.0 Å². The third-order valence-electron chi connectivity index (χ3n) is 3.00. The molecule has 1 saturated heterocycles. The summed E-state index contributed by atoms with van der Waals surface area (Å²) < 4.78 is 10.6. The summed E-state index contributed by atoms with van der Waals surface area (Å²) in [7, 11) is 0. The van der Waals surface area contributed by atoms with Gasteiger partial charge in [-0.3, -0.25) is 5.43 Å². The molecule has 1 aromatic rings. The van der Waals surface area contributed by atoms with Gasteiger partial charge >= 0.3 is 0 Å². The van der Waals surface area contributed by atoms with Gasteiger partial charge in [0.05, 0.1) is 6.61 Å². The molecule has 2 aliphatic rings. The molecule has 0 saturated carbocycles. The van der Waals surface area contributed by atoms with Gasteiger partial charge in [-0.05, 0) is 24.1 Å². The molecule has 1 fully saturated rings. The van der Waals surface area contributed by atoms with Gasteiger partial charge in [0, 0.05) is 12.1 Å². The van der Waals surface area contributed by atoms with E-state index in [2.05, 4.69) is 10.9 Å². The van der Waals surface area contributed by atoms with Crippen LogP contribution in [0.5, 0.6) is 11.5 Å². The predicted octanol–water partition coefficient (Wildman–Crippen LogP) is 0.315. The third kappa shape index (κ3) is 1.63. The second kappa shape index (κ2) is 3.93. The molecule has 1 aromatic carbocycles. The highest BCUT2D eigenvalue weighted by Gasteiger charge is 2.25. The van der Waals surface area contributed by atoms with Crippen molar-refractivity contribution in [2.75, 3.05) is 13.4 Å². The van der Waals surface area contributed by atoms with E-state index in [4.69, 9.17) is 14.6 Å². The van der Waals surface area contributed by atoms with Crippen molar-refractivity contribution >= 4 is 0 Å². The molecular formula is C11H14N2O3. The molecule has 0 radical (unpaired) electrons. The van der Waals surface area contributed by atoms with Gasteiger partial charge in [-0.25, -0.2) is 5.43 Å². The van der Waals surface area contributed by atoms with E-state index in [0.717, 1.165) is 23.5 Å². The number of hydrogen-bond acceptors (Lipinski definition) is 5. The van der Waals surface area contributed by atoms with Crippen LogP contribution in [0.25, 0.3) is 0 Å². The quantitative estimate of drug-likeness (QED) is 0.672. The number of fused-ring (bicyclic) bond motifs is 1. The van der Waals surface area contributed by atoms with Crippen LogP contribution in [0.4, 0.5) is 0 Å². The molecule has 2 aliphatic heterocycles. The maximum Gasteiger partial charge on any atom is 0.231 e. The average Bonchev–Trinajstić information content (AvgIpc) is 2.96. The Morgan fingerprint density at radius 1 is 1.25 bits per heavy atom. The first-order chi connectivity index (χ1) is 7.86. The normalized spacial score (nSPS) is 27.3. The van der Waals surface area contributed by atoms with Gasteiger partial charge in [-0.15, -0.1) is 0 Å². The molecule has 0 aromatic heterocycles. The third-order valence-corrected chi connectivity index (χ3v) is 3.00. The van der Waals surface area contributed by atoms with E-state index in [-0.39, 0.29) is 18.7 Å². The molecule has 2 heterocycles. The zero-order valence-corrected chi connectivity index (χ0v) is 8.77. The Kier molecular flexibility index (Phi) is 2.43. The highest BCUT2D eigenvalue weighted by atomic mass is 16.7. The second-order valence-corrected chi connectivity index (χ2v) is 4.07. The molecule has 3 N–H and O–H groups in total. The molecule has 2 unspecified atom stereocenters. The Hall–Kier alpha value is -1.30. The number of ether oxygens (including phenoxy) is 2. The van der Waals surface area contributed by atoms with E-state index in [9.17, 15) is 0 Å². The Morgan fingerprint density at radius 3 is 2.94 bits per heavy atom. The summed E-state index contributed by atoms with van der Waals surface area (Å²) in [5.41, 5.74) is 7.36. The highest BCUT2D eigenvalue weighted by molar-refractivity contribution is 5.45. The van der Waals surface area contributed by atoms with E-state index < -0.39 is 0 Å². The lowest BCUT2D eigenvalue weighted by molar-refractivity contribution is 0.174. The Labute approximate surface area is 93.3 Å². The van der Waals surface area contributed by atoms with Crippen molar-refractivity contribution < 1.29 is 14.6 Å². The van der Waals surface area contributed by atoms with Gasteiger partial charge in [-0.2, -0.15) is 0 Å². The van der Waals surface area contributed by atoms with Crippen molar-refractivity contribution in [3.63, 3.8) is 0 Å². The Bertz CT molecular complexity index is 397. The fourth-order valence-corrected chi connectivity index (χ4v) is 2.09. The number of benzene rings is 1. The van der Waals surface area contributed by atoms with Crippen LogP contribution in [0.2, 0.25) is 0 Å². The number of aliphatic hydroxyl groups is 1. The van der Waals surface area contributed by atoms with Crippen LogP contribution in [-0.2, 0) is 0 Å². The van der Waals surface area contributed by atoms with Crippen molar-refractivity contribution in [1.29, 1.82) is 0 Å². The fraction of sp³-hybridized carbons (Fsp3) is 0.455. The van der Waals surface area contributed by atoms with Gasteiger partial charge in [0.1, 0.15) is 0 Å². The first-order valence-electron chi connectivity index (χ1n) is 5.38. The predicted molar refractivity (Wildman–Crippen MR) is 57.1 cm³/mol. The lowest BCUT2D eigenvalue weighted by atomic mass is 10.0. The molecule has 3 rings (SSSR count). The van der Waals surface area contributed by atoms with Gasteiger partial charge in [-0.1, -0.05) is 6.07 Å². The molecule has 0 spiro atoms. The van der Waals surface area contributed by atoms with E-state index in [1.54, 1.807) is 0 Å². The fourth-order valence-electron chi connectivity index (χ4n) is 2.09. The summed E-state index contributed by atoms with van der Waals surface area (Å²) in [5, 5.41) is 9.04. The summed E-state index contributed by atoms with van der Waals surface area (Å²) in [6.45, 7) is 0.447. The van der Waals surface area contributed by atoms with E-state index in [1.165, 1.54) is 0 Å². The molecular weight excluding hydrogens is 208 g/mol. The molecule has 86 valence electrons. The SMILES string of the molecule is OCC1CC(c2ccc3c(c2)OCO3)NN1. The molecule has 2 atom stereocenters. The monoisotopic (exact) mass is 222 g/mol. The second-order valence-electron chi connectivity index (χ2n) is 4.07. The smallest absolute Gasteiger partial charge is 0.231 e. The minimum atomic E-state index is 0.121. The summed E-state index contributed by atoms with van der Waals surface area (Å²) in [6.07, 6.45) is 0.871. The van der Waals surface area contributed by atoms with Gasteiger partial charge in [0.2, 0.25) is 6.79 Å². The lowest BCUT2D eigenvalue weighted by Gasteiger charge is -2.10. The largest absolute Gasteiger partial charge is 0.454 e.